The van der Waals surface area contributed by atoms with Gasteiger partial charge in [-0.25, -0.2) is 0 Å². The van der Waals surface area contributed by atoms with Crippen LogP contribution >= 0.6 is 0 Å². The van der Waals surface area contributed by atoms with Gasteiger partial charge in [0, 0.05) is 0 Å². The molecule has 0 radical (unpaired) electrons. The van der Waals surface area contributed by atoms with Crippen LogP contribution in [0.2, 0.25) is 0 Å². The van der Waals surface area contributed by atoms with Crippen molar-refractivity contribution in [3.05, 3.63) is 0 Å². The summed E-state index contributed by atoms with van der Waals surface area (Å²) in [6, 6.07) is 0. The maximum atomic E-state index is 9.53. The van der Waals surface area contributed by atoms with Gasteiger partial charge in [-0.3, -0.25) is 0 Å². The van der Waals surface area contributed by atoms with Crippen LogP contribution in [0.1, 0.15) is 83.1 Å². The van der Waals surface area contributed by atoms with Gasteiger partial charge in [0.1, 0.15) is 0 Å². The molecule has 0 aromatic carbocycles. The zero-order valence-corrected chi connectivity index (χ0v) is 21.6. The molecule has 0 unspecified atom stereocenters. The van der Waals surface area contributed by atoms with E-state index in [1.165, 1.54) is 0 Å². The van der Waals surface area contributed by atoms with Crippen molar-refractivity contribution >= 4 is 0 Å². The topological polar surface area (TPSA) is 138 Å². The second-order valence-electron chi connectivity index (χ2n) is 6.29. The van der Waals surface area contributed by atoms with Crippen LogP contribution in [0.25, 0.3) is 0 Å². The minimum atomic E-state index is -0.417. The van der Waals surface area contributed by atoms with E-state index in [-0.39, 0.29) is 41.2 Å². The Kier molecular flexibility index (Phi) is 87.7. The summed E-state index contributed by atoms with van der Waals surface area (Å²) in [5, 5.41) is 57.2. The zero-order valence-electron chi connectivity index (χ0n) is 19.4. The zero-order chi connectivity index (χ0) is 21.5. The first-order valence-corrected chi connectivity index (χ1v) is 8.34. The molecule has 0 aliphatic carbocycles. The maximum absolute atomic E-state index is 9.53. The summed E-state index contributed by atoms with van der Waals surface area (Å²) in [5.74, 6) is 0. The molecule has 26 heavy (non-hydrogen) atoms. The minimum absolute atomic E-state index is 0. The molecular weight excluding hydrogens is 412 g/mol. The molecule has 0 bridgehead atoms. The van der Waals surface area contributed by atoms with E-state index in [1.807, 2.05) is 0 Å². The molecule has 8 heteroatoms. The van der Waals surface area contributed by atoms with Crippen LogP contribution in [0, 0.1) is 0 Å². The van der Waals surface area contributed by atoms with E-state index in [0.717, 1.165) is 0 Å². The van der Waals surface area contributed by atoms with Crippen LogP contribution < -0.4 is 49.5 Å². The first-order chi connectivity index (χ1) is 10.4. The molecule has 0 aliphatic heterocycles. The average molecular weight is 454 g/mol. The van der Waals surface area contributed by atoms with Crippen LogP contribution in [0.4, 0.5) is 0 Å². The maximum Gasteiger partial charge on any atom is 5.00 e. The van der Waals surface area contributed by atoms with Gasteiger partial charge in [0.2, 0.25) is 0 Å². The molecule has 0 saturated carbocycles. The van der Waals surface area contributed by atoms with Crippen molar-refractivity contribution in [1.29, 1.82) is 0 Å². The average Bonchev–Trinajstić information content (AvgIpc) is 2.08. The fraction of sp³-hybridized carbons (Fsp3) is 1.00. The van der Waals surface area contributed by atoms with Gasteiger partial charge in [0.25, 0.3) is 0 Å². The van der Waals surface area contributed by atoms with Crippen molar-refractivity contribution in [2.45, 2.75) is 120 Å². The van der Waals surface area contributed by atoms with E-state index in [2.05, 4.69) is 0 Å². The summed E-state index contributed by atoms with van der Waals surface area (Å²) in [4.78, 5) is 0. The molecule has 0 aromatic heterocycles. The smallest absolute Gasteiger partial charge is 0.852 e. The molecule has 0 atom stereocenters. The summed E-state index contributed by atoms with van der Waals surface area (Å²) in [7, 11) is 0. The fourth-order valence-corrected chi connectivity index (χ4v) is 0. The Morgan fingerprint density at radius 2 is 0.308 bits per heavy atom. The largest absolute Gasteiger partial charge is 5.00 e. The molecule has 0 saturated heterocycles. The van der Waals surface area contributed by atoms with Crippen molar-refractivity contribution in [2.75, 3.05) is 0 Å². The van der Waals surface area contributed by atoms with Crippen molar-refractivity contribution in [2.24, 2.45) is 0 Å². The van der Waals surface area contributed by atoms with Gasteiger partial charge < -0.3 is 30.6 Å². The number of rotatable bonds is 0. The van der Waals surface area contributed by atoms with Crippen molar-refractivity contribution < 1.29 is 71.9 Å². The summed E-state index contributed by atoms with van der Waals surface area (Å²) in [5.41, 5.74) is 0. The van der Waals surface area contributed by atoms with Gasteiger partial charge in [-0.2, -0.15) is 0 Å². The Labute approximate surface area is 191 Å². The molecule has 0 rings (SSSR count). The molecule has 0 aromatic rings. The molecule has 0 spiro atoms. The third kappa shape index (κ3) is 12100. The summed E-state index contributed by atoms with van der Waals surface area (Å²) in [6.45, 7) is 19.3. The van der Waals surface area contributed by atoms with Gasteiger partial charge in [0.05, 0.1) is 0 Å². The van der Waals surface area contributed by atoms with Crippen LogP contribution in [-0.4, -0.2) is 36.6 Å². The monoisotopic (exact) mass is 454 g/mol. The molecule has 0 N–H and O–H groups in total. The number of hydrogen-bond donors (Lipinski definition) is 0. The van der Waals surface area contributed by atoms with Crippen LogP contribution in [0.5, 0.6) is 0 Å². The van der Waals surface area contributed by atoms with E-state index in [0.29, 0.717) is 0 Å². The van der Waals surface area contributed by atoms with Gasteiger partial charge in [-0.15, -0.1) is 36.6 Å². The predicted molar refractivity (Wildman–Crippen MR) is 90.8 cm³/mol. The minimum Gasteiger partial charge on any atom is -0.852 e. The van der Waals surface area contributed by atoms with E-state index in [9.17, 15) is 30.6 Å². The summed E-state index contributed by atoms with van der Waals surface area (Å²) in [6.07, 6.45) is -2.50. The van der Waals surface area contributed by atoms with E-state index >= 15 is 0 Å². The predicted octanol–water partition coefficient (Wildman–Crippen LogP) is -4.47. The Morgan fingerprint density at radius 3 is 0.308 bits per heavy atom. The Hall–Kier alpha value is 1.10. The third-order valence-corrected chi connectivity index (χ3v) is 0. The SMILES string of the molecule is CC(C)[O-].CC(C)[O-].CC(C)[O-].CC(C)[O-].CC(C)[O-].CC(C)[O-].[Li+].[Nb+5]. The normalized spacial score (nSPS) is 8.31. The second-order valence-corrected chi connectivity index (χ2v) is 6.29. The fourth-order valence-electron chi connectivity index (χ4n) is 0. The van der Waals surface area contributed by atoms with E-state index in [4.69, 9.17) is 0 Å². The summed E-state index contributed by atoms with van der Waals surface area (Å²) >= 11 is 0. The molecule has 6 nitrogen and oxygen atoms in total. The molecule has 156 valence electrons. The molecule has 0 amide bonds. The second kappa shape index (κ2) is 45.1. The Bertz CT molecular complexity index is 107. The Morgan fingerprint density at radius 1 is 0.308 bits per heavy atom. The summed E-state index contributed by atoms with van der Waals surface area (Å²) < 4.78 is 0. The first kappa shape index (κ1) is 50.6. The molecule has 0 heterocycles. The quantitative estimate of drug-likeness (QED) is 0.339. The van der Waals surface area contributed by atoms with E-state index < -0.39 is 36.6 Å². The standard InChI is InChI=1S/6C3H7O.Li.Nb/c6*1-3(2)4;;/h6*3H,1-2H3;;/q6*-1;+1;+5. The van der Waals surface area contributed by atoms with Crippen molar-refractivity contribution in [1.82, 2.24) is 0 Å². The van der Waals surface area contributed by atoms with Gasteiger partial charge in [-0.1, -0.05) is 83.1 Å². The van der Waals surface area contributed by atoms with Crippen molar-refractivity contribution in [3.8, 4) is 0 Å². The van der Waals surface area contributed by atoms with E-state index in [1.54, 1.807) is 83.1 Å². The molecule has 0 aliphatic rings. The molecule has 0 fully saturated rings. The van der Waals surface area contributed by atoms with Gasteiger partial charge in [-0.05, 0) is 0 Å². The van der Waals surface area contributed by atoms with Gasteiger partial charge in [0.15, 0.2) is 0 Å². The Balaban J connectivity index is -0.0000000245. The third-order valence-electron chi connectivity index (χ3n) is 0. The molecular formula is C18H42LiNbO6. The van der Waals surface area contributed by atoms with Crippen LogP contribution in [-0.2, 0) is 22.4 Å². The number of hydrogen-bond acceptors (Lipinski definition) is 6. The van der Waals surface area contributed by atoms with Gasteiger partial charge >= 0.3 is 41.2 Å². The van der Waals surface area contributed by atoms with Crippen LogP contribution in [0.3, 0.4) is 0 Å². The first-order valence-electron chi connectivity index (χ1n) is 8.34. The van der Waals surface area contributed by atoms with Crippen molar-refractivity contribution in [3.63, 3.8) is 0 Å². The van der Waals surface area contributed by atoms with Crippen LogP contribution in [0.15, 0.2) is 0 Å².